The van der Waals surface area contributed by atoms with Crippen molar-refractivity contribution in [2.45, 2.75) is 58.3 Å². The minimum Gasteiger partial charge on any atom is -0.550 e. The fourth-order valence-corrected chi connectivity index (χ4v) is 5.81. The molecule has 0 radical (unpaired) electrons. The van der Waals surface area contributed by atoms with E-state index < -0.39 is 5.97 Å². The molecule has 4 aromatic rings. The monoisotopic (exact) mass is 640 g/mol. The van der Waals surface area contributed by atoms with Gasteiger partial charge in [0.05, 0.1) is 0 Å². The predicted octanol–water partition coefficient (Wildman–Crippen LogP) is 4.50. The molecule has 5 nitrogen and oxygen atoms in total. The van der Waals surface area contributed by atoms with Gasteiger partial charge in [-0.3, -0.25) is 4.79 Å². The average Bonchev–Trinajstić information content (AvgIpc) is 3.32. The summed E-state index contributed by atoms with van der Waals surface area (Å²) >= 11 is 12.2. The zero-order valence-electron chi connectivity index (χ0n) is 25.9. The zero-order valence-corrected chi connectivity index (χ0v) is 29.4. The number of hydrogen-bond donors (Lipinski definition) is 1. The smallest absolute Gasteiger partial charge is 0.550 e. The molecule has 3 aromatic carbocycles. The Kier molecular flexibility index (Phi) is 14.6. The van der Waals surface area contributed by atoms with E-state index in [1.54, 1.807) is 0 Å². The van der Waals surface area contributed by atoms with Gasteiger partial charge in [0.15, 0.2) is 5.78 Å². The van der Waals surface area contributed by atoms with Crippen LogP contribution in [0.4, 0.5) is 5.69 Å². The van der Waals surface area contributed by atoms with Gasteiger partial charge < -0.3 is 19.8 Å². The van der Waals surface area contributed by atoms with E-state index in [9.17, 15) is 14.7 Å². The third kappa shape index (κ3) is 10.5. The third-order valence-electron chi connectivity index (χ3n) is 8.08. The molecule has 0 amide bonds. The Morgan fingerprint density at radius 2 is 1.45 bits per heavy atom. The second-order valence-electron chi connectivity index (χ2n) is 11.1. The summed E-state index contributed by atoms with van der Waals surface area (Å²) in [6.45, 7) is 2.82. The minimum absolute atomic E-state index is 0. The van der Waals surface area contributed by atoms with Gasteiger partial charge in [0.25, 0.3) is 0 Å². The first-order valence-corrected chi connectivity index (χ1v) is 15.7. The van der Waals surface area contributed by atoms with Crippen molar-refractivity contribution in [2.75, 3.05) is 11.9 Å². The molecule has 226 valence electrons. The largest absolute Gasteiger partial charge is 1.00 e. The number of rotatable bonds is 16. The number of hydrogen-bond acceptors (Lipinski definition) is 4. The van der Waals surface area contributed by atoms with Crippen LogP contribution in [0.2, 0.25) is 10.0 Å². The third-order valence-corrected chi connectivity index (χ3v) is 8.58. The number of nitrogens with one attached hydrogen (secondary N) is 1. The van der Waals surface area contributed by atoms with Crippen LogP contribution in [0.3, 0.4) is 0 Å². The van der Waals surface area contributed by atoms with Crippen LogP contribution >= 0.6 is 23.2 Å². The number of carbonyl (C=O) groups excluding carboxylic acids is 2. The Morgan fingerprint density at radius 3 is 2.00 bits per heavy atom. The van der Waals surface area contributed by atoms with Crippen molar-refractivity contribution < 1.29 is 44.3 Å². The van der Waals surface area contributed by atoms with Crippen molar-refractivity contribution >= 4 is 40.6 Å². The quantitative estimate of drug-likeness (QED) is 0.145. The Hall–Kier alpha value is -2.54. The molecule has 0 saturated heterocycles. The Morgan fingerprint density at radius 1 is 0.864 bits per heavy atom. The molecule has 44 heavy (non-hydrogen) atoms. The summed E-state index contributed by atoms with van der Waals surface area (Å²) in [6, 6.07) is 25.7. The number of carboxylic acid groups (broad SMARTS) is 1. The number of ketones is 1. The molecule has 1 heterocycles. The normalized spacial score (nSPS) is 10.9. The first-order valence-electron chi connectivity index (χ1n) is 15.0. The summed E-state index contributed by atoms with van der Waals surface area (Å²) in [6.07, 6.45) is 5.73. The molecule has 1 N–H and O–H groups in total. The maximum Gasteiger partial charge on any atom is 1.00 e. The fraction of sp³-hybridized carbons (Fsp3) is 0.333. The van der Waals surface area contributed by atoms with E-state index in [-0.39, 0.29) is 41.8 Å². The summed E-state index contributed by atoms with van der Waals surface area (Å²) in [5.41, 5.74) is 6.66. The molecule has 0 spiro atoms. The van der Waals surface area contributed by atoms with Crippen LogP contribution in [-0.4, -0.2) is 22.9 Å². The van der Waals surface area contributed by atoms with Gasteiger partial charge in [-0.1, -0.05) is 66.5 Å². The zero-order chi connectivity index (χ0) is 30.8. The van der Waals surface area contributed by atoms with Crippen molar-refractivity contribution in [1.82, 2.24) is 4.57 Å². The second kappa shape index (κ2) is 17.8. The van der Waals surface area contributed by atoms with Gasteiger partial charge in [0.2, 0.25) is 0 Å². The minimum atomic E-state index is -1.05. The van der Waals surface area contributed by atoms with E-state index in [4.69, 9.17) is 23.2 Å². The molecule has 1 aromatic heterocycles. The van der Waals surface area contributed by atoms with Gasteiger partial charge in [-0.15, -0.1) is 0 Å². The van der Waals surface area contributed by atoms with Crippen molar-refractivity contribution in [3.05, 3.63) is 123 Å². The number of aryl methyl sites for hydroxylation is 3. The number of carboxylic acids is 1. The van der Waals surface area contributed by atoms with Gasteiger partial charge in [0, 0.05) is 57.8 Å². The first-order chi connectivity index (χ1) is 20.7. The summed E-state index contributed by atoms with van der Waals surface area (Å²) < 4.78 is 2.02. The maximum atomic E-state index is 13.7. The Bertz CT molecular complexity index is 1470. The van der Waals surface area contributed by atoms with Crippen LogP contribution in [0.25, 0.3) is 0 Å². The second-order valence-corrected chi connectivity index (χ2v) is 12.0. The number of anilines is 1. The summed E-state index contributed by atoms with van der Waals surface area (Å²) in [5.74, 6) is -0.665. The number of nitrogens with zero attached hydrogens (tertiary/aromatic N) is 1. The SMILES string of the molecule is CCc1c(C(=O)c2cccc(NCC(CCc3ccc(Cl)cc3)CCc3ccc(Cl)cc3)c2)cc(CCCC(=O)[O-])n1C.[Na+]. The number of halogens is 2. The molecule has 0 saturated carbocycles. The van der Waals surface area contributed by atoms with E-state index in [0.717, 1.165) is 59.3 Å². The van der Waals surface area contributed by atoms with Crippen molar-refractivity contribution in [3.63, 3.8) is 0 Å². The van der Waals surface area contributed by atoms with Gasteiger partial charge in [-0.2, -0.15) is 0 Å². The van der Waals surface area contributed by atoms with E-state index in [0.29, 0.717) is 36.3 Å². The molecule has 0 atom stereocenters. The number of benzene rings is 3. The van der Waals surface area contributed by atoms with E-state index in [1.807, 2.05) is 73.1 Å². The number of carbonyl (C=O) groups is 2. The van der Waals surface area contributed by atoms with Crippen LogP contribution < -0.4 is 40.0 Å². The molecule has 0 aliphatic carbocycles. The number of aromatic nitrogens is 1. The molecular weight excluding hydrogens is 602 g/mol. The van der Waals surface area contributed by atoms with Gasteiger partial charge in [-0.05, 0) is 111 Å². The van der Waals surface area contributed by atoms with Gasteiger partial charge in [-0.25, -0.2) is 0 Å². The molecule has 0 unspecified atom stereocenters. The van der Waals surface area contributed by atoms with Crippen LogP contribution in [0, 0.1) is 5.92 Å². The van der Waals surface area contributed by atoms with Crippen molar-refractivity contribution in [2.24, 2.45) is 13.0 Å². The maximum absolute atomic E-state index is 13.7. The van der Waals surface area contributed by atoms with Gasteiger partial charge in [0.1, 0.15) is 0 Å². The van der Waals surface area contributed by atoms with Crippen LogP contribution in [0.1, 0.15) is 71.0 Å². The Labute approximate surface area is 293 Å². The molecule has 0 fully saturated rings. The van der Waals surface area contributed by atoms with E-state index >= 15 is 0 Å². The van der Waals surface area contributed by atoms with Crippen LogP contribution in [-0.2, 0) is 37.5 Å². The summed E-state index contributed by atoms with van der Waals surface area (Å²) in [4.78, 5) is 24.5. The molecule has 0 aliphatic rings. The van der Waals surface area contributed by atoms with E-state index in [2.05, 4.69) is 29.6 Å². The summed E-state index contributed by atoms with van der Waals surface area (Å²) in [7, 11) is 1.94. The van der Waals surface area contributed by atoms with Crippen molar-refractivity contribution in [3.8, 4) is 0 Å². The number of aliphatic carboxylic acids is 1. The average molecular weight is 642 g/mol. The van der Waals surface area contributed by atoms with Gasteiger partial charge >= 0.3 is 29.6 Å². The molecule has 8 heteroatoms. The summed E-state index contributed by atoms with van der Waals surface area (Å²) in [5, 5.41) is 16.0. The van der Waals surface area contributed by atoms with E-state index in [1.165, 1.54) is 11.1 Å². The molecule has 4 rings (SSSR count). The molecule has 0 aliphatic heterocycles. The Balaban J connectivity index is 0.00000529. The fourth-order valence-electron chi connectivity index (χ4n) is 5.56. The van der Waals surface area contributed by atoms with Crippen molar-refractivity contribution in [1.29, 1.82) is 0 Å². The topological polar surface area (TPSA) is 74.2 Å². The van der Waals surface area contributed by atoms with Crippen LogP contribution in [0.5, 0.6) is 0 Å². The molecule has 0 bridgehead atoms. The predicted molar refractivity (Wildman–Crippen MR) is 174 cm³/mol. The first kappa shape index (κ1) is 35.9. The molecular formula is C36H39Cl2N2NaO3. The standard InChI is InChI=1S/C36H40Cl2N2O3.Na/c1-3-34-33(23-32(40(34)2)8-5-9-35(41)42)36(43)28-6-4-7-31(22-28)39-24-27(12-10-25-14-18-29(37)19-15-25)13-11-26-16-20-30(38)21-17-26;/h4,6-7,14-23,27,39H,3,5,8-13,24H2,1-2H3,(H,41,42);/q;+1/p-1. The van der Waals surface area contributed by atoms with Crippen LogP contribution in [0.15, 0.2) is 78.9 Å².